The van der Waals surface area contributed by atoms with Crippen LogP contribution in [0.25, 0.3) is 0 Å². The molecule has 7 unspecified atom stereocenters. The predicted octanol–water partition coefficient (Wildman–Crippen LogP) is 7.51. The van der Waals surface area contributed by atoms with E-state index in [0.717, 1.165) is 5.92 Å². The molecule has 7 atom stereocenters. The van der Waals surface area contributed by atoms with Crippen LogP contribution in [0.15, 0.2) is 29.6 Å². The van der Waals surface area contributed by atoms with Crippen molar-refractivity contribution in [3.63, 3.8) is 0 Å². The molecule has 1 aromatic rings. The Balaban J connectivity index is 0.000000994. The van der Waals surface area contributed by atoms with Gasteiger partial charge < -0.3 is 9.80 Å². The van der Waals surface area contributed by atoms with Gasteiger partial charge in [-0.05, 0) is 52.7 Å². The van der Waals surface area contributed by atoms with E-state index in [1.807, 2.05) is 13.8 Å². The number of benzene rings is 1. The Morgan fingerprint density at radius 1 is 1.06 bits per heavy atom. The van der Waals surface area contributed by atoms with Crippen LogP contribution >= 0.6 is 0 Å². The maximum atomic E-state index is 2.83. The van der Waals surface area contributed by atoms with Crippen LogP contribution in [-0.4, -0.2) is 18.1 Å². The average Bonchev–Trinajstić information content (AvgIpc) is 2.94. The van der Waals surface area contributed by atoms with E-state index in [1.165, 1.54) is 24.1 Å². The first-order valence-corrected chi connectivity index (χ1v) is 12.9. The highest BCUT2D eigenvalue weighted by molar-refractivity contribution is 5.73. The van der Waals surface area contributed by atoms with Gasteiger partial charge in [0.25, 0.3) is 0 Å². The fourth-order valence-electron chi connectivity index (χ4n) is 8.78. The van der Waals surface area contributed by atoms with E-state index in [0.29, 0.717) is 34.2 Å². The minimum atomic E-state index is 0.197. The molecule has 2 nitrogen and oxygen atoms in total. The van der Waals surface area contributed by atoms with Gasteiger partial charge in [-0.15, -0.1) is 0 Å². The summed E-state index contributed by atoms with van der Waals surface area (Å²) in [6.45, 7) is 23.6. The molecular weight excluding hydrogens is 376 g/mol. The first-order valence-electron chi connectivity index (χ1n) is 12.9. The van der Waals surface area contributed by atoms with Crippen molar-refractivity contribution < 1.29 is 0 Å². The van der Waals surface area contributed by atoms with Crippen LogP contribution in [0.2, 0.25) is 0 Å². The lowest BCUT2D eigenvalue weighted by Gasteiger charge is -2.51. The summed E-state index contributed by atoms with van der Waals surface area (Å²) < 4.78 is 0. The number of rotatable bonds is 1. The zero-order valence-corrected chi connectivity index (χ0v) is 21.9. The molecule has 2 aliphatic heterocycles. The third-order valence-electron chi connectivity index (χ3n) is 10.8. The van der Waals surface area contributed by atoms with E-state index in [2.05, 4.69) is 90.4 Å². The van der Waals surface area contributed by atoms with Crippen molar-refractivity contribution in [2.45, 2.75) is 99.6 Å². The van der Waals surface area contributed by atoms with Gasteiger partial charge in [-0.25, -0.2) is 0 Å². The topological polar surface area (TPSA) is 6.48 Å². The Morgan fingerprint density at radius 3 is 2.29 bits per heavy atom. The summed E-state index contributed by atoms with van der Waals surface area (Å²) in [5.41, 5.74) is 9.37. The zero-order chi connectivity index (χ0) is 22.9. The molecule has 0 amide bonds. The van der Waals surface area contributed by atoms with Gasteiger partial charge >= 0.3 is 0 Å². The first kappa shape index (κ1) is 21.4. The Bertz CT molecular complexity index is 983. The highest BCUT2D eigenvalue weighted by atomic mass is 15.5. The number of hydrogen-bond acceptors (Lipinski definition) is 2. The minimum Gasteiger partial charge on any atom is -0.355 e. The summed E-state index contributed by atoms with van der Waals surface area (Å²) in [5, 5.41) is 0. The Hall–Kier alpha value is -1.44. The summed E-state index contributed by atoms with van der Waals surface area (Å²) in [5.74, 6) is 2.16. The van der Waals surface area contributed by atoms with Gasteiger partial charge in [0.2, 0.25) is 0 Å². The van der Waals surface area contributed by atoms with E-state index in [-0.39, 0.29) is 5.41 Å². The zero-order valence-electron chi connectivity index (χ0n) is 21.9. The lowest BCUT2D eigenvalue weighted by atomic mass is 9.60. The Kier molecular flexibility index (Phi) is 4.08. The van der Waals surface area contributed by atoms with Gasteiger partial charge in [-0.3, -0.25) is 0 Å². The molecule has 1 aromatic carbocycles. The standard InChI is InChI=1S/C27H38N2.C2H6/c1-10-17-15(2)18-13-16(24(3,4)5)11-12-19(18)29-22-21(28(9)23(17)29)25(6)14-20-26(22,7)27(20,25)8;1-2/h11-13,15,17,20,23H,10,14H2,1-9H3;1-2H3. The van der Waals surface area contributed by atoms with Crippen molar-refractivity contribution in [1.82, 2.24) is 4.90 Å². The van der Waals surface area contributed by atoms with Crippen LogP contribution in [0.4, 0.5) is 5.69 Å². The van der Waals surface area contributed by atoms with Gasteiger partial charge in [-0.2, -0.15) is 0 Å². The molecular formula is C29H44N2. The predicted molar refractivity (Wildman–Crippen MR) is 132 cm³/mol. The molecule has 5 aliphatic rings. The van der Waals surface area contributed by atoms with Crippen LogP contribution in [-0.2, 0) is 5.41 Å². The number of hydrogen-bond donors (Lipinski definition) is 0. The third kappa shape index (κ3) is 1.99. The summed E-state index contributed by atoms with van der Waals surface area (Å²) >= 11 is 0. The number of anilines is 1. The summed E-state index contributed by atoms with van der Waals surface area (Å²) in [6.07, 6.45) is 3.12. The molecule has 0 saturated heterocycles. The maximum absolute atomic E-state index is 2.83. The van der Waals surface area contributed by atoms with Crippen molar-refractivity contribution >= 4 is 5.69 Å². The van der Waals surface area contributed by atoms with Gasteiger partial charge in [-0.1, -0.05) is 81.4 Å². The van der Waals surface area contributed by atoms with Crippen LogP contribution in [0.1, 0.15) is 99.1 Å². The molecule has 3 aliphatic carbocycles. The van der Waals surface area contributed by atoms with E-state index >= 15 is 0 Å². The van der Waals surface area contributed by atoms with E-state index in [1.54, 1.807) is 17.0 Å². The second kappa shape index (κ2) is 5.91. The van der Waals surface area contributed by atoms with Gasteiger partial charge in [0.15, 0.2) is 0 Å². The summed E-state index contributed by atoms with van der Waals surface area (Å²) in [4.78, 5) is 5.55. The van der Waals surface area contributed by atoms with E-state index < -0.39 is 0 Å². The SMILES string of the molecule is CC.CCC1C(C)c2cc(C(C)(C)C)ccc2N2C3=C(N(C)C12)C1(C)CC2C3(C)C21C. The minimum absolute atomic E-state index is 0.197. The van der Waals surface area contributed by atoms with Gasteiger partial charge in [0, 0.05) is 40.9 Å². The second-order valence-corrected chi connectivity index (χ2v) is 12.5. The van der Waals surface area contributed by atoms with Crippen molar-refractivity contribution in [3.8, 4) is 0 Å². The van der Waals surface area contributed by atoms with Gasteiger partial charge in [0.1, 0.15) is 6.17 Å². The molecule has 2 fully saturated rings. The monoisotopic (exact) mass is 420 g/mol. The van der Waals surface area contributed by atoms with E-state index in [9.17, 15) is 0 Å². The number of allylic oxidation sites excluding steroid dienone is 2. The fraction of sp³-hybridized carbons (Fsp3) is 0.724. The van der Waals surface area contributed by atoms with E-state index in [4.69, 9.17) is 0 Å². The Labute approximate surface area is 191 Å². The summed E-state index contributed by atoms with van der Waals surface area (Å²) in [6, 6.07) is 7.41. The highest BCUT2D eigenvalue weighted by Crippen LogP contribution is 2.96. The maximum Gasteiger partial charge on any atom is 0.109 e. The van der Waals surface area contributed by atoms with Crippen molar-refractivity contribution in [2.75, 3.05) is 11.9 Å². The third-order valence-corrected chi connectivity index (χ3v) is 10.8. The lowest BCUT2D eigenvalue weighted by Crippen LogP contribution is -2.52. The molecule has 0 spiro atoms. The molecule has 0 radical (unpaired) electrons. The first-order chi connectivity index (χ1) is 14.4. The molecule has 2 saturated carbocycles. The number of fused-ring (bicyclic) bond motifs is 7. The van der Waals surface area contributed by atoms with Crippen molar-refractivity contribution in [3.05, 3.63) is 40.7 Å². The molecule has 2 heterocycles. The smallest absolute Gasteiger partial charge is 0.109 e. The fourth-order valence-corrected chi connectivity index (χ4v) is 8.78. The van der Waals surface area contributed by atoms with Crippen LogP contribution in [0, 0.1) is 28.1 Å². The Morgan fingerprint density at radius 2 is 1.71 bits per heavy atom. The molecule has 2 heteroatoms. The van der Waals surface area contributed by atoms with Crippen LogP contribution in [0.5, 0.6) is 0 Å². The molecule has 0 aromatic heterocycles. The normalized spacial score (nSPS) is 43.5. The van der Waals surface area contributed by atoms with Crippen LogP contribution in [0.3, 0.4) is 0 Å². The van der Waals surface area contributed by atoms with Crippen molar-refractivity contribution in [1.29, 1.82) is 0 Å². The van der Waals surface area contributed by atoms with Crippen molar-refractivity contribution in [2.24, 2.45) is 28.1 Å². The summed E-state index contributed by atoms with van der Waals surface area (Å²) in [7, 11) is 2.40. The molecule has 0 N–H and O–H groups in total. The lowest BCUT2D eigenvalue weighted by molar-refractivity contribution is 0.0501. The molecule has 170 valence electrons. The van der Waals surface area contributed by atoms with Crippen LogP contribution < -0.4 is 4.90 Å². The largest absolute Gasteiger partial charge is 0.355 e. The number of nitrogens with zero attached hydrogens (tertiary/aromatic N) is 2. The highest BCUT2D eigenvalue weighted by Gasteiger charge is 2.93. The molecule has 6 rings (SSSR count). The van der Waals surface area contributed by atoms with Gasteiger partial charge in [0.05, 0.1) is 0 Å². The molecule has 31 heavy (non-hydrogen) atoms. The second-order valence-electron chi connectivity index (χ2n) is 12.5. The molecule has 0 bridgehead atoms. The quantitative estimate of drug-likeness (QED) is 0.464. The average molecular weight is 421 g/mol.